The Morgan fingerprint density at radius 1 is 1.11 bits per heavy atom. The van der Waals surface area contributed by atoms with E-state index in [4.69, 9.17) is 0 Å². The van der Waals surface area contributed by atoms with E-state index in [1.165, 1.54) is 11.6 Å². The molecule has 0 amide bonds. The van der Waals surface area contributed by atoms with Crippen molar-refractivity contribution in [3.8, 4) is 0 Å². The minimum Gasteiger partial charge on any atom is -0.319 e. The van der Waals surface area contributed by atoms with Gasteiger partial charge in [-0.3, -0.25) is 0 Å². The molecule has 0 heterocycles. The van der Waals surface area contributed by atoms with Crippen LogP contribution in [-0.4, -0.2) is 13.6 Å². The third-order valence-corrected chi connectivity index (χ3v) is 3.72. The van der Waals surface area contributed by atoms with Crippen LogP contribution in [0.5, 0.6) is 0 Å². The predicted octanol–water partition coefficient (Wildman–Crippen LogP) is 4.13. The molecule has 19 heavy (non-hydrogen) atoms. The summed E-state index contributed by atoms with van der Waals surface area (Å²) < 4.78 is 15.0. The molecule has 3 heteroatoms. The molecule has 1 nitrogen and oxygen atoms in total. The van der Waals surface area contributed by atoms with Gasteiger partial charge in [0.2, 0.25) is 0 Å². The lowest BCUT2D eigenvalue weighted by molar-refractivity contribution is 0.556. The molecule has 2 rings (SSSR count). The first kappa shape index (κ1) is 14.2. The van der Waals surface area contributed by atoms with Crippen molar-refractivity contribution in [1.82, 2.24) is 5.32 Å². The molecule has 0 saturated carbocycles. The number of halogens is 2. The van der Waals surface area contributed by atoms with Gasteiger partial charge in [0, 0.05) is 16.9 Å². The Hall–Kier alpha value is -1.19. The van der Waals surface area contributed by atoms with Crippen LogP contribution in [0.4, 0.5) is 4.39 Å². The quantitative estimate of drug-likeness (QED) is 0.873. The van der Waals surface area contributed by atoms with E-state index in [1.54, 1.807) is 6.07 Å². The van der Waals surface area contributed by atoms with Crippen LogP contribution in [0.1, 0.15) is 17.0 Å². The zero-order valence-electron chi connectivity index (χ0n) is 10.9. The molecule has 2 aromatic rings. The van der Waals surface area contributed by atoms with E-state index >= 15 is 0 Å². The van der Waals surface area contributed by atoms with Crippen LogP contribution in [0.15, 0.2) is 53.0 Å². The summed E-state index contributed by atoms with van der Waals surface area (Å²) in [5.74, 6) is 0.0206. The van der Waals surface area contributed by atoms with Crippen LogP contribution in [0.3, 0.4) is 0 Å². The van der Waals surface area contributed by atoms with Gasteiger partial charge in [-0.05, 0) is 42.8 Å². The summed E-state index contributed by atoms with van der Waals surface area (Å²) in [6.45, 7) is 0.761. The highest BCUT2D eigenvalue weighted by Gasteiger charge is 2.15. The van der Waals surface area contributed by atoms with E-state index < -0.39 is 0 Å². The van der Waals surface area contributed by atoms with E-state index in [9.17, 15) is 4.39 Å². The maximum Gasteiger partial charge on any atom is 0.126 e. The summed E-state index contributed by atoms with van der Waals surface area (Å²) in [5.41, 5.74) is 1.99. The minimum absolute atomic E-state index is 0.125. The maximum atomic E-state index is 13.9. The van der Waals surface area contributed by atoms with Gasteiger partial charge in [-0.2, -0.15) is 0 Å². The Kier molecular flexibility index (Phi) is 5.11. The second kappa shape index (κ2) is 6.83. The van der Waals surface area contributed by atoms with Gasteiger partial charge in [0.1, 0.15) is 5.82 Å². The molecule has 1 N–H and O–H groups in total. The molecule has 1 unspecified atom stereocenters. The molecule has 1 atom stereocenters. The fraction of sp³-hybridized carbons (Fsp3) is 0.250. The van der Waals surface area contributed by atoms with Crippen molar-refractivity contribution in [2.45, 2.75) is 12.3 Å². The van der Waals surface area contributed by atoms with Gasteiger partial charge in [-0.15, -0.1) is 0 Å². The van der Waals surface area contributed by atoms with Gasteiger partial charge >= 0.3 is 0 Å². The molecule has 0 radical (unpaired) electrons. The molecule has 0 aliphatic carbocycles. The summed E-state index contributed by atoms with van der Waals surface area (Å²) in [7, 11) is 1.90. The molecule has 0 aromatic heterocycles. The third-order valence-electron chi connectivity index (χ3n) is 3.19. The zero-order chi connectivity index (χ0) is 13.7. The summed E-state index contributed by atoms with van der Waals surface area (Å²) >= 11 is 3.43. The van der Waals surface area contributed by atoms with Gasteiger partial charge < -0.3 is 5.32 Å². The average molecular weight is 322 g/mol. The molecule has 0 fully saturated rings. The maximum absolute atomic E-state index is 13.9. The van der Waals surface area contributed by atoms with Crippen LogP contribution in [-0.2, 0) is 6.42 Å². The number of rotatable bonds is 5. The lowest BCUT2D eigenvalue weighted by Crippen LogP contribution is -2.20. The molecular weight excluding hydrogens is 305 g/mol. The number of nitrogens with one attached hydrogen (secondary N) is 1. The molecule has 0 aliphatic rings. The first-order valence-electron chi connectivity index (χ1n) is 6.34. The monoisotopic (exact) mass is 321 g/mol. The standard InChI is InChI=1S/C16H17BrFN/c1-19-11-13(15-4-2-3-5-16(15)18)10-12-6-8-14(17)9-7-12/h2-9,13,19H,10-11H2,1H3. The van der Waals surface area contributed by atoms with Crippen molar-refractivity contribution in [2.24, 2.45) is 0 Å². The SMILES string of the molecule is CNCC(Cc1ccc(Br)cc1)c1ccccc1F. The third kappa shape index (κ3) is 3.88. The molecule has 0 bridgehead atoms. The van der Waals surface area contributed by atoms with Crippen molar-refractivity contribution in [2.75, 3.05) is 13.6 Å². The lowest BCUT2D eigenvalue weighted by atomic mass is 9.91. The summed E-state index contributed by atoms with van der Waals surface area (Å²) in [6.07, 6.45) is 0.828. The normalized spacial score (nSPS) is 12.4. The Balaban J connectivity index is 2.21. The van der Waals surface area contributed by atoms with Crippen LogP contribution in [0, 0.1) is 5.82 Å². The minimum atomic E-state index is -0.125. The Labute approximate surface area is 122 Å². The molecule has 0 saturated heterocycles. The summed E-state index contributed by atoms with van der Waals surface area (Å²) in [4.78, 5) is 0. The van der Waals surface area contributed by atoms with Gasteiger partial charge in [0.25, 0.3) is 0 Å². The number of benzene rings is 2. The van der Waals surface area contributed by atoms with Crippen molar-refractivity contribution in [3.05, 3.63) is 69.9 Å². The lowest BCUT2D eigenvalue weighted by Gasteiger charge is -2.18. The summed E-state index contributed by atoms with van der Waals surface area (Å²) in [5, 5.41) is 3.15. The van der Waals surface area contributed by atoms with E-state index in [0.29, 0.717) is 0 Å². The topological polar surface area (TPSA) is 12.0 Å². The van der Waals surface area contributed by atoms with Crippen LogP contribution in [0.25, 0.3) is 0 Å². The average Bonchev–Trinajstić information content (AvgIpc) is 2.41. The number of hydrogen-bond acceptors (Lipinski definition) is 1. The Morgan fingerprint density at radius 2 is 1.79 bits per heavy atom. The van der Waals surface area contributed by atoms with Gasteiger partial charge in [-0.1, -0.05) is 46.3 Å². The van der Waals surface area contributed by atoms with Crippen LogP contribution < -0.4 is 5.32 Å². The Morgan fingerprint density at radius 3 is 2.42 bits per heavy atom. The molecule has 2 aromatic carbocycles. The number of likely N-dealkylation sites (N-methyl/N-ethyl adjacent to an activating group) is 1. The van der Waals surface area contributed by atoms with Crippen molar-refractivity contribution in [3.63, 3.8) is 0 Å². The fourth-order valence-electron chi connectivity index (χ4n) is 2.25. The zero-order valence-corrected chi connectivity index (χ0v) is 12.5. The number of hydrogen-bond donors (Lipinski definition) is 1. The van der Waals surface area contributed by atoms with E-state index in [2.05, 4.69) is 33.4 Å². The second-order valence-corrected chi connectivity index (χ2v) is 5.52. The molecule has 0 aliphatic heterocycles. The molecule has 100 valence electrons. The van der Waals surface area contributed by atoms with Crippen LogP contribution in [0.2, 0.25) is 0 Å². The highest BCUT2D eigenvalue weighted by atomic mass is 79.9. The molecule has 0 spiro atoms. The Bertz CT molecular complexity index is 525. The first-order valence-corrected chi connectivity index (χ1v) is 7.13. The second-order valence-electron chi connectivity index (χ2n) is 4.61. The smallest absolute Gasteiger partial charge is 0.126 e. The van der Waals surface area contributed by atoms with Crippen molar-refractivity contribution >= 4 is 15.9 Å². The van der Waals surface area contributed by atoms with Crippen LogP contribution >= 0.6 is 15.9 Å². The fourth-order valence-corrected chi connectivity index (χ4v) is 2.51. The van der Waals surface area contributed by atoms with Gasteiger partial charge in [0.05, 0.1) is 0 Å². The van der Waals surface area contributed by atoms with E-state index in [-0.39, 0.29) is 11.7 Å². The van der Waals surface area contributed by atoms with Gasteiger partial charge in [0.15, 0.2) is 0 Å². The first-order chi connectivity index (χ1) is 9.20. The molecular formula is C16H17BrFN. The van der Waals surface area contributed by atoms with E-state index in [1.807, 2.05) is 31.3 Å². The highest BCUT2D eigenvalue weighted by molar-refractivity contribution is 9.10. The largest absolute Gasteiger partial charge is 0.319 e. The van der Waals surface area contributed by atoms with Gasteiger partial charge in [-0.25, -0.2) is 4.39 Å². The van der Waals surface area contributed by atoms with Crippen molar-refractivity contribution in [1.29, 1.82) is 0 Å². The predicted molar refractivity (Wildman–Crippen MR) is 80.9 cm³/mol. The summed E-state index contributed by atoms with van der Waals surface area (Å²) in [6, 6.07) is 15.2. The van der Waals surface area contributed by atoms with E-state index in [0.717, 1.165) is 23.0 Å². The van der Waals surface area contributed by atoms with Crippen molar-refractivity contribution < 1.29 is 4.39 Å². The highest BCUT2D eigenvalue weighted by Crippen LogP contribution is 2.23.